The van der Waals surface area contributed by atoms with Gasteiger partial charge in [-0.2, -0.15) is 0 Å². The van der Waals surface area contributed by atoms with Gasteiger partial charge in [0, 0.05) is 29.4 Å². The Bertz CT molecular complexity index is 1070. The smallest absolute Gasteiger partial charge is 0.246 e. The standard InChI is InChI=1S/C25H28N4O2/c1-17(2)24(31)28(20-13-14-20)16-23(30)27-25-26-22(19-7-5-4-6-8-19)15-29(25)21-11-9-18(3)10-12-21/h4-12,15,17,20H,13-14,16H2,1-3H3,(H,26,27,30). The highest BCUT2D eigenvalue weighted by Crippen LogP contribution is 2.28. The molecule has 2 amide bonds. The van der Waals surface area contributed by atoms with Crippen LogP contribution in [0.1, 0.15) is 32.3 Å². The molecule has 0 bridgehead atoms. The molecule has 0 unspecified atom stereocenters. The summed E-state index contributed by atoms with van der Waals surface area (Å²) in [6, 6.07) is 18.1. The average molecular weight is 417 g/mol. The molecular formula is C25H28N4O2. The maximum absolute atomic E-state index is 12.9. The zero-order chi connectivity index (χ0) is 22.0. The fraction of sp³-hybridized carbons (Fsp3) is 0.320. The summed E-state index contributed by atoms with van der Waals surface area (Å²) >= 11 is 0. The van der Waals surface area contributed by atoms with Crippen molar-refractivity contribution in [1.29, 1.82) is 0 Å². The quantitative estimate of drug-likeness (QED) is 0.619. The summed E-state index contributed by atoms with van der Waals surface area (Å²) < 4.78 is 1.88. The molecule has 1 saturated carbocycles. The molecule has 160 valence electrons. The Labute approximate surface area is 182 Å². The van der Waals surface area contributed by atoms with Gasteiger partial charge < -0.3 is 4.90 Å². The second-order valence-electron chi connectivity index (χ2n) is 8.42. The van der Waals surface area contributed by atoms with Gasteiger partial charge in [0.25, 0.3) is 0 Å². The number of aromatic nitrogens is 2. The Balaban J connectivity index is 1.61. The molecular weight excluding hydrogens is 388 g/mol. The number of amides is 2. The van der Waals surface area contributed by atoms with Crippen molar-refractivity contribution >= 4 is 17.8 Å². The number of hydrogen-bond acceptors (Lipinski definition) is 3. The lowest BCUT2D eigenvalue weighted by Crippen LogP contribution is -2.41. The molecule has 6 nitrogen and oxygen atoms in total. The Morgan fingerprint density at radius 3 is 2.39 bits per heavy atom. The Hall–Kier alpha value is -3.41. The van der Waals surface area contributed by atoms with Crippen LogP contribution >= 0.6 is 0 Å². The number of hydrogen-bond donors (Lipinski definition) is 1. The fourth-order valence-corrected chi connectivity index (χ4v) is 3.54. The highest BCUT2D eigenvalue weighted by molar-refractivity contribution is 5.94. The van der Waals surface area contributed by atoms with Crippen LogP contribution < -0.4 is 5.32 Å². The van der Waals surface area contributed by atoms with Gasteiger partial charge >= 0.3 is 0 Å². The summed E-state index contributed by atoms with van der Waals surface area (Å²) in [6.45, 7) is 5.81. The van der Waals surface area contributed by atoms with Crippen LogP contribution in [0.2, 0.25) is 0 Å². The minimum Gasteiger partial charge on any atom is -0.330 e. The third-order valence-electron chi connectivity index (χ3n) is 5.42. The van der Waals surface area contributed by atoms with E-state index in [0.29, 0.717) is 5.95 Å². The molecule has 3 aromatic rings. The maximum atomic E-state index is 12.9. The highest BCUT2D eigenvalue weighted by Gasteiger charge is 2.34. The maximum Gasteiger partial charge on any atom is 0.246 e. The number of benzene rings is 2. The average Bonchev–Trinajstić information content (AvgIpc) is 3.53. The van der Waals surface area contributed by atoms with E-state index in [9.17, 15) is 9.59 Å². The number of nitrogens with one attached hydrogen (secondary N) is 1. The van der Waals surface area contributed by atoms with Gasteiger partial charge in [0.15, 0.2) is 0 Å². The predicted octanol–water partition coefficient (Wildman–Crippen LogP) is 4.43. The molecule has 1 heterocycles. The molecule has 0 aliphatic heterocycles. The summed E-state index contributed by atoms with van der Waals surface area (Å²) in [6.07, 6.45) is 3.84. The van der Waals surface area contributed by atoms with E-state index < -0.39 is 0 Å². The predicted molar refractivity (Wildman–Crippen MR) is 122 cm³/mol. The lowest BCUT2D eigenvalue weighted by atomic mass is 10.2. The van der Waals surface area contributed by atoms with E-state index in [-0.39, 0.29) is 30.3 Å². The Morgan fingerprint density at radius 2 is 1.77 bits per heavy atom. The lowest BCUT2D eigenvalue weighted by Gasteiger charge is -2.23. The fourth-order valence-electron chi connectivity index (χ4n) is 3.54. The number of rotatable bonds is 7. The molecule has 6 heteroatoms. The van der Waals surface area contributed by atoms with E-state index in [1.165, 1.54) is 0 Å². The van der Waals surface area contributed by atoms with E-state index in [2.05, 4.69) is 5.32 Å². The van der Waals surface area contributed by atoms with Gasteiger partial charge in [-0.05, 0) is 31.9 Å². The van der Waals surface area contributed by atoms with Crippen molar-refractivity contribution in [3.8, 4) is 16.9 Å². The van der Waals surface area contributed by atoms with Crippen LogP contribution in [0.3, 0.4) is 0 Å². The first-order valence-corrected chi connectivity index (χ1v) is 10.7. The van der Waals surface area contributed by atoms with Crippen molar-refractivity contribution < 1.29 is 9.59 Å². The van der Waals surface area contributed by atoms with Crippen LogP contribution in [0.25, 0.3) is 16.9 Å². The molecule has 0 atom stereocenters. The van der Waals surface area contributed by atoms with Crippen LogP contribution in [0.4, 0.5) is 5.95 Å². The number of aryl methyl sites for hydroxylation is 1. The number of nitrogens with zero attached hydrogens (tertiary/aromatic N) is 3. The lowest BCUT2D eigenvalue weighted by molar-refractivity contribution is -0.138. The molecule has 0 saturated heterocycles. The van der Waals surface area contributed by atoms with Gasteiger partial charge in [0.2, 0.25) is 17.8 Å². The SMILES string of the molecule is Cc1ccc(-n2cc(-c3ccccc3)nc2NC(=O)CN(C(=O)C(C)C)C2CC2)cc1. The van der Waals surface area contributed by atoms with E-state index in [1.807, 2.05) is 86.1 Å². The minimum atomic E-state index is -0.237. The van der Waals surface area contributed by atoms with E-state index >= 15 is 0 Å². The third-order valence-corrected chi connectivity index (χ3v) is 5.42. The van der Waals surface area contributed by atoms with Crippen molar-refractivity contribution in [2.24, 2.45) is 5.92 Å². The van der Waals surface area contributed by atoms with E-state index in [0.717, 1.165) is 35.3 Å². The summed E-state index contributed by atoms with van der Waals surface area (Å²) in [5.74, 6) is 0.0945. The van der Waals surface area contributed by atoms with Crippen molar-refractivity contribution in [2.45, 2.75) is 39.7 Å². The van der Waals surface area contributed by atoms with E-state index in [1.54, 1.807) is 4.90 Å². The number of carbonyl (C=O) groups is 2. The first-order valence-electron chi connectivity index (χ1n) is 10.7. The molecule has 1 fully saturated rings. The van der Waals surface area contributed by atoms with Crippen LogP contribution in [0.5, 0.6) is 0 Å². The molecule has 1 aromatic heterocycles. The topological polar surface area (TPSA) is 67.2 Å². The van der Waals surface area contributed by atoms with Gasteiger partial charge in [-0.1, -0.05) is 61.9 Å². The van der Waals surface area contributed by atoms with Crippen molar-refractivity contribution in [2.75, 3.05) is 11.9 Å². The van der Waals surface area contributed by atoms with Gasteiger partial charge in [-0.25, -0.2) is 4.98 Å². The van der Waals surface area contributed by atoms with E-state index in [4.69, 9.17) is 4.98 Å². The molecule has 0 radical (unpaired) electrons. The van der Waals surface area contributed by atoms with Gasteiger partial charge in [0.05, 0.1) is 5.69 Å². The number of anilines is 1. The number of imidazole rings is 1. The molecule has 1 N–H and O–H groups in total. The molecule has 0 spiro atoms. The Morgan fingerprint density at radius 1 is 1.10 bits per heavy atom. The normalized spacial score (nSPS) is 13.3. The first-order chi connectivity index (χ1) is 14.9. The van der Waals surface area contributed by atoms with Crippen LogP contribution in [-0.4, -0.2) is 38.9 Å². The zero-order valence-electron chi connectivity index (χ0n) is 18.2. The molecule has 1 aliphatic carbocycles. The summed E-state index contributed by atoms with van der Waals surface area (Å²) in [5.41, 5.74) is 3.81. The van der Waals surface area contributed by atoms with Crippen molar-refractivity contribution in [3.05, 3.63) is 66.4 Å². The van der Waals surface area contributed by atoms with Crippen LogP contribution in [0.15, 0.2) is 60.8 Å². The molecule has 2 aromatic carbocycles. The summed E-state index contributed by atoms with van der Waals surface area (Å²) in [7, 11) is 0. The number of carbonyl (C=O) groups excluding carboxylic acids is 2. The first kappa shape index (κ1) is 20.8. The van der Waals surface area contributed by atoms with Crippen molar-refractivity contribution in [1.82, 2.24) is 14.5 Å². The highest BCUT2D eigenvalue weighted by atomic mass is 16.2. The second kappa shape index (κ2) is 8.76. The molecule has 31 heavy (non-hydrogen) atoms. The third kappa shape index (κ3) is 4.85. The van der Waals surface area contributed by atoms with Crippen LogP contribution in [0, 0.1) is 12.8 Å². The summed E-state index contributed by atoms with van der Waals surface area (Å²) in [4.78, 5) is 31.9. The van der Waals surface area contributed by atoms with Gasteiger partial charge in [-0.15, -0.1) is 0 Å². The van der Waals surface area contributed by atoms with Gasteiger partial charge in [0.1, 0.15) is 6.54 Å². The van der Waals surface area contributed by atoms with Crippen LogP contribution in [-0.2, 0) is 9.59 Å². The minimum absolute atomic E-state index is 0.0181. The molecule has 1 aliphatic rings. The van der Waals surface area contributed by atoms with Crippen molar-refractivity contribution in [3.63, 3.8) is 0 Å². The second-order valence-corrected chi connectivity index (χ2v) is 8.42. The monoisotopic (exact) mass is 416 g/mol. The Kier molecular flexibility index (Phi) is 5.89. The summed E-state index contributed by atoms with van der Waals surface area (Å²) in [5, 5.41) is 2.94. The van der Waals surface area contributed by atoms with Gasteiger partial charge in [-0.3, -0.25) is 19.5 Å². The zero-order valence-corrected chi connectivity index (χ0v) is 18.2. The molecule has 4 rings (SSSR count). The largest absolute Gasteiger partial charge is 0.330 e.